The van der Waals surface area contributed by atoms with Crippen LogP contribution in [0.2, 0.25) is 0 Å². The van der Waals surface area contributed by atoms with Crippen LogP contribution in [-0.2, 0) is 0 Å². The largest absolute Gasteiger partial charge is 0.438 e. The minimum atomic E-state index is -0.528. The van der Waals surface area contributed by atoms with Gasteiger partial charge in [0.05, 0.1) is 11.8 Å². The Morgan fingerprint density at radius 1 is 1.45 bits per heavy atom. The molecule has 20 heavy (non-hydrogen) atoms. The lowest BCUT2D eigenvalue weighted by Gasteiger charge is -2.22. The van der Waals surface area contributed by atoms with Gasteiger partial charge in [0.25, 0.3) is 5.91 Å². The number of anilines is 1. The molecule has 0 saturated carbocycles. The number of carbonyl (C=O) groups excluding carboxylic acids is 1. The van der Waals surface area contributed by atoms with Crippen molar-refractivity contribution in [1.29, 1.82) is 0 Å². The SMILES string of the molecule is Cc1ncoc1C(=O)N1CCCC(O)c2ccccc21. The summed E-state index contributed by atoms with van der Waals surface area (Å²) in [7, 11) is 0. The van der Waals surface area contributed by atoms with E-state index in [4.69, 9.17) is 4.42 Å². The number of nitrogens with zero attached hydrogens (tertiary/aromatic N) is 2. The smallest absolute Gasteiger partial charge is 0.295 e. The lowest BCUT2D eigenvalue weighted by atomic mass is 10.0. The van der Waals surface area contributed by atoms with Crippen LogP contribution in [0.25, 0.3) is 0 Å². The fourth-order valence-corrected chi connectivity index (χ4v) is 2.57. The Labute approximate surface area is 116 Å². The van der Waals surface area contributed by atoms with E-state index >= 15 is 0 Å². The van der Waals surface area contributed by atoms with Crippen molar-refractivity contribution in [2.75, 3.05) is 11.4 Å². The zero-order valence-electron chi connectivity index (χ0n) is 11.2. The number of aliphatic hydroxyl groups excluding tert-OH is 1. The van der Waals surface area contributed by atoms with E-state index in [0.717, 1.165) is 17.7 Å². The lowest BCUT2D eigenvalue weighted by molar-refractivity contribution is 0.0959. The Kier molecular flexibility index (Phi) is 3.28. The van der Waals surface area contributed by atoms with Crippen LogP contribution in [0.1, 0.15) is 40.8 Å². The molecule has 1 aliphatic rings. The topological polar surface area (TPSA) is 66.6 Å². The van der Waals surface area contributed by atoms with Crippen LogP contribution in [0.15, 0.2) is 35.1 Å². The van der Waals surface area contributed by atoms with E-state index < -0.39 is 6.10 Å². The first-order chi connectivity index (χ1) is 9.68. The van der Waals surface area contributed by atoms with Gasteiger partial charge in [0.15, 0.2) is 6.39 Å². The summed E-state index contributed by atoms with van der Waals surface area (Å²) in [6, 6.07) is 7.45. The van der Waals surface area contributed by atoms with Crippen LogP contribution in [-0.4, -0.2) is 22.5 Å². The number of aliphatic hydroxyl groups is 1. The number of fused-ring (bicyclic) bond motifs is 1. The monoisotopic (exact) mass is 272 g/mol. The van der Waals surface area contributed by atoms with Crippen LogP contribution in [0, 0.1) is 6.92 Å². The predicted octanol–water partition coefficient (Wildman–Crippen LogP) is 2.46. The van der Waals surface area contributed by atoms with Gasteiger partial charge in [-0.2, -0.15) is 0 Å². The predicted molar refractivity (Wildman–Crippen MR) is 73.6 cm³/mol. The number of hydrogen-bond donors (Lipinski definition) is 1. The molecule has 0 fully saturated rings. The Bertz CT molecular complexity index is 636. The average Bonchev–Trinajstić information content (AvgIpc) is 2.81. The van der Waals surface area contributed by atoms with Gasteiger partial charge in [0.1, 0.15) is 0 Å². The second kappa shape index (κ2) is 5.09. The van der Waals surface area contributed by atoms with E-state index in [1.165, 1.54) is 6.39 Å². The first-order valence-corrected chi connectivity index (χ1v) is 6.67. The number of hydrogen-bond acceptors (Lipinski definition) is 4. The second-order valence-electron chi connectivity index (χ2n) is 4.94. The maximum Gasteiger partial charge on any atom is 0.295 e. The van der Waals surface area contributed by atoms with Crippen molar-refractivity contribution in [1.82, 2.24) is 4.98 Å². The van der Waals surface area contributed by atoms with Gasteiger partial charge in [-0.25, -0.2) is 4.98 Å². The van der Waals surface area contributed by atoms with Crippen molar-refractivity contribution in [3.63, 3.8) is 0 Å². The highest BCUT2D eigenvalue weighted by Gasteiger charge is 2.28. The Morgan fingerprint density at radius 2 is 2.25 bits per heavy atom. The van der Waals surface area contributed by atoms with Gasteiger partial charge < -0.3 is 14.4 Å². The average molecular weight is 272 g/mol. The minimum absolute atomic E-state index is 0.207. The first kappa shape index (κ1) is 12.9. The van der Waals surface area contributed by atoms with E-state index in [9.17, 15) is 9.90 Å². The van der Waals surface area contributed by atoms with Gasteiger partial charge in [-0.15, -0.1) is 0 Å². The molecule has 0 radical (unpaired) electrons. The highest BCUT2D eigenvalue weighted by Crippen LogP contribution is 2.33. The number of carbonyl (C=O) groups is 1. The number of para-hydroxylation sites is 1. The van der Waals surface area contributed by atoms with E-state index in [1.807, 2.05) is 24.3 Å². The molecule has 5 nitrogen and oxygen atoms in total. The van der Waals surface area contributed by atoms with Crippen molar-refractivity contribution in [2.24, 2.45) is 0 Å². The molecule has 1 aromatic heterocycles. The van der Waals surface area contributed by atoms with Crippen LogP contribution in [0.5, 0.6) is 0 Å². The third-order valence-corrected chi connectivity index (χ3v) is 3.63. The van der Waals surface area contributed by atoms with E-state index in [-0.39, 0.29) is 11.7 Å². The molecule has 1 N–H and O–H groups in total. The molecule has 1 aliphatic heterocycles. The van der Waals surface area contributed by atoms with E-state index in [1.54, 1.807) is 11.8 Å². The van der Waals surface area contributed by atoms with Gasteiger partial charge in [-0.05, 0) is 25.8 Å². The molecule has 2 heterocycles. The zero-order chi connectivity index (χ0) is 14.1. The maximum absolute atomic E-state index is 12.6. The Hall–Kier alpha value is -2.14. The molecule has 3 rings (SSSR count). The van der Waals surface area contributed by atoms with Crippen molar-refractivity contribution >= 4 is 11.6 Å². The highest BCUT2D eigenvalue weighted by atomic mass is 16.3. The van der Waals surface area contributed by atoms with E-state index in [2.05, 4.69) is 4.98 Å². The summed E-state index contributed by atoms with van der Waals surface area (Å²) in [6.07, 6.45) is 2.14. The van der Waals surface area contributed by atoms with E-state index in [0.29, 0.717) is 18.7 Å². The maximum atomic E-state index is 12.6. The quantitative estimate of drug-likeness (QED) is 0.866. The van der Waals surface area contributed by atoms with Gasteiger partial charge in [-0.1, -0.05) is 18.2 Å². The summed E-state index contributed by atoms with van der Waals surface area (Å²) in [5, 5.41) is 10.2. The number of amides is 1. The fraction of sp³-hybridized carbons (Fsp3) is 0.333. The Morgan fingerprint density at radius 3 is 3.00 bits per heavy atom. The third kappa shape index (κ3) is 2.10. The first-order valence-electron chi connectivity index (χ1n) is 6.67. The molecule has 104 valence electrons. The lowest BCUT2D eigenvalue weighted by Crippen LogP contribution is -2.32. The standard InChI is InChI=1S/C15H16N2O3/c1-10-14(20-9-16-10)15(19)17-8-4-7-13(18)11-5-2-3-6-12(11)17/h2-3,5-6,9,13,18H,4,7-8H2,1H3. The Balaban J connectivity index is 2.03. The molecular weight excluding hydrogens is 256 g/mol. The number of aromatic nitrogens is 1. The molecule has 1 atom stereocenters. The molecule has 0 aliphatic carbocycles. The number of oxazole rings is 1. The van der Waals surface area contributed by atoms with Crippen molar-refractivity contribution in [2.45, 2.75) is 25.9 Å². The second-order valence-corrected chi connectivity index (χ2v) is 4.94. The number of rotatable bonds is 1. The van der Waals surface area contributed by atoms with Crippen molar-refractivity contribution in [3.8, 4) is 0 Å². The normalized spacial score (nSPS) is 18.5. The van der Waals surface area contributed by atoms with Crippen molar-refractivity contribution < 1.29 is 14.3 Å². The van der Waals surface area contributed by atoms with Crippen molar-refractivity contribution in [3.05, 3.63) is 47.7 Å². The summed E-state index contributed by atoms with van der Waals surface area (Å²) in [6.45, 7) is 2.31. The van der Waals surface area contributed by atoms with Gasteiger partial charge in [0.2, 0.25) is 5.76 Å². The summed E-state index contributed by atoms with van der Waals surface area (Å²) in [5.41, 5.74) is 2.12. The molecule has 0 spiro atoms. The van der Waals surface area contributed by atoms with Crippen LogP contribution in [0.4, 0.5) is 5.69 Å². The van der Waals surface area contributed by atoms with Gasteiger partial charge in [0, 0.05) is 17.8 Å². The molecule has 1 amide bonds. The molecule has 2 aromatic rings. The highest BCUT2D eigenvalue weighted by molar-refractivity contribution is 6.05. The molecule has 0 bridgehead atoms. The molecule has 1 unspecified atom stereocenters. The molecule has 5 heteroatoms. The molecule has 1 aromatic carbocycles. The van der Waals surface area contributed by atoms with Crippen LogP contribution >= 0.6 is 0 Å². The molecule has 0 saturated heterocycles. The minimum Gasteiger partial charge on any atom is -0.438 e. The summed E-state index contributed by atoms with van der Waals surface area (Å²) >= 11 is 0. The summed E-state index contributed by atoms with van der Waals surface area (Å²) in [5.74, 6) is 0.0535. The third-order valence-electron chi connectivity index (χ3n) is 3.63. The number of benzene rings is 1. The summed E-state index contributed by atoms with van der Waals surface area (Å²) < 4.78 is 5.20. The molecular formula is C15H16N2O3. The van der Waals surface area contributed by atoms with Crippen LogP contribution in [0.3, 0.4) is 0 Å². The summed E-state index contributed by atoms with van der Waals surface area (Å²) in [4.78, 5) is 18.2. The van der Waals surface area contributed by atoms with Gasteiger partial charge >= 0.3 is 0 Å². The van der Waals surface area contributed by atoms with Gasteiger partial charge in [-0.3, -0.25) is 4.79 Å². The number of aryl methyl sites for hydroxylation is 1. The van der Waals surface area contributed by atoms with Crippen LogP contribution < -0.4 is 4.90 Å². The fourth-order valence-electron chi connectivity index (χ4n) is 2.57. The zero-order valence-corrected chi connectivity index (χ0v) is 11.2.